The number of nitrogens with one attached hydrogen (secondary N) is 1. The summed E-state index contributed by atoms with van der Waals surface area (Å²) in [4.78, 5) is 18.4. The normalized spacial score (nSPS) is 13.9. The van der Waals surface area contributed by atoms with E-state index in [4.69, 9.17) is 4.42 Å². The number of amides is 1. The molecule has 10 heteroatoms. The van der Waals surface area contributed by atoms with Gasteiger partial charge in [0.15, 0.2) is 11.0 Å². The number of furan rings is 1. The van der Waals surface area contributed by atoms with Gasteiger partial charge in [-0.3, -0.25) is 14.3 Å². The minimum atomic E-state index is 0. The summed E-state index contributed by atoms with van der Waals surface area (Å²) in [6.45, 7) is 3.69. The molecule has 1 N–H and O–H groups in total. The van der Waals surface area contributed by atoms with Crippen LogP contribution < -0.4 is 5.32 Å². The number of carbonyl (C=O) groups excluding carboxylic acids is 1. The highest BCUT2D eigenvalue weighted by Crippen LogP contribution is 2.25. The minimum Gasteiger partial charge on any atom is -0.467 e. The molecule has 0 atom stereocenters. The molecular formula is C18H21ClN6O2S. The predicted molar refractivity (Wildman–Crippen MR) is 108 cm³/mol. The Morgan fingerprint density at radius 1 is 1.18 bits per heavy atom. The summed E-state index contributed by atoms with van der Waals surface area (Å²) in [5, 5.41) is 12.6. The van der Waals surface area contributed by atoms with Gasteiger partial charge in [-0.2, -0.15) is 0 Å². The first-order valence-electron chi connectivity index (χ1n) is 8.78. The Morgan fingerprint density at radius 3 is 2.68 bits per heavy atom. The second kappa shape index (κ2) is 9.72. The summed E-state index contributed by atoms with van der Waals surface area (Å²) in [6.07, 6.45) is 5.09. The van der Waals surface area contributed by atoms with Crippen molar-refractivity contribution in [2.75, 3.05) is 31.9 Å². The molecular weight excluding hydrogens is 400 g/mol. The van der Waals surface area contributed by atoms with Crippen molar-refractivity contribution in [1.82, 2.24) is 30.0 Å². The Labute approximate surface area is 173 Å². The van der Waals surface area contributed by atoms with Crippen molar-refractivity contribution in [3.05, 3.63) is 48.7 Å². The van der Waals surface area contributed by atoms with Crippen molar-refractivity contribution in [3.8, 4) is 11.4 Å². The van der Waals surface area contributed by atoms with Crippen LogP contribution in [0.2, 0.25) is 0 Å². The van der Waals surface area contributed by atoms with Crippen LogP contribution in [0.4, 0.5) is 0 Å². The topological polar surface area (TPSA) is 89.1 Å². The Hall–Kier alpha value is -2.36. The fraction of sp³-hybridized carbons (Fsp3) is 0.333. The molecule has 0 bridgehead atoms. The average molecular weight is 421 g/mol. The number of hydrogen-bond acceptors (Lipinski definition) is 7. The number of nitrogens with zero attached hydrogens (tertiary/aromatic N) is 5. The fourth-order valence-electron chi connectivity index (χ4n) is 2.94. The van der Waals surface area contributed by atoms with Crippen LogP contribution >= 0.6 is 24.2 Å². The lowest BCUT2D eigenvalue weighted by Gasteiger charge is -2.27. The molecule has 0 unspecified atom stereocenters. The van der Waals surface area contributed by atoms with E-state index in [9.17, 15) is 4.79 Å². The second-order valence-electron chi connectivity index (χ2n) is 6.13. The van der Waals surface area contributed by atoms with Crippen molar-refractivity contribution in [2.45, 2.75) is 11.7 Å². The van der Waals surface area contributed by atoms with Crippen molar-refractivity contribution >= 4 is 30.1 Å². The molecule has 0 aromatic carbocycles. The first kappa shape index (κ1) is 20.4. The molecule has 0 radical (unpaired) electrons. The third-order valence-electron chi connectivity index (χ3n) is 4.34. The van der Waals surface area contributed by atoms with Crippen molar-refractivity contribution in [1.29, 1.82) is 0 Å². The largest absolute Gasteiger partial charge is 0.467 e. The van der Waals surface area contributed by atoms with Gasteiger partial charge in [0, 0.05) is 44.1 Å². The van der Waals surface area contributed by atoms with Gasteiger partial charge >= 0.3 is 0 Å². The summed E-state index contributed by atoms with van der Waals surface area (Å²) < 4.78 is 7.47. The van der Waals surface area contributed by atoms with E-state index >= 15 is 0 Å². The molecule has 3 aromatic heterocycles. The average Bonchev–Trinajstić information content (AvgIpc) is 3.38. The summed E-state index contributed by atoms with van der Waals surface area (Å²) in [6, 6.07) is 7.55. The lowest BCUT2D eigenvalue weighted by molar-refractivity contribution is -0.128. The Balaban J connectivity index is 0.00000225. The van der Waals surface area contributed by atoms with E-state index in [2.05, 4.69) is 20.5 Å². The zero-order valence-electron chi connectivity index (χ0n) is 15.2. The standard InChI is InChI=1S/C18H20N6O2S.ClH/c25-16(23-9-7-20-8-10-23)13-27-18-22-21-17(14-3-5-19-6-4-14)24(18)12-15-2-1-11-26-15;/h1-6,11,20H,7-10,12-13H2;1H. The van der Waals surface area contributed by atoms with Crippen LogP contribution in [0, 0.1) is 0 Å². The van der Waals surface area contributed by atoms with Crippen LogP contribution in [-0.2, 0) is 11.3 Å². The Bertz CT molecular complexity index is 881. The number of halogens is 1. The Kier molecular flexibility index (Phi) is 7.07. The van der Waals surface area contributed by atoms with Crippen LogP contribution in [-0.4, -0.2) is 62.5 Å². The van der Waals surface area contributed by atoms with E-state index < -0.39 is 0 Å². The fourth-order valence-corrected chi connectivity index (χ4v) is 3.78. The third kappa shape index (κ3) is 4.73. The first-order valence-corrected chi connectivity index (χ1v) is 9.77. The van der Waals surface area contributed by atoms with E-state index in [0.29, 0.717) is 17.5 Å². The zero-order valence-corrected chi connectivity index (χ0v) is 16.8. The molecule has 1 aliphatic heterocycles. The highest BCUT2D eigenvalue weighted by Gasteiger charge is 2.20. The molecule has 0 aliphatic carbocycles. The summed E-state index contributed by atoms with van der Waals surface area (Å²) in [7, 11) is 0. The number of aromatic nitrogens is 4. The van der Waals surface area contributed by atoms with Crippen molar-refractivity contribution in [3.63, 3.8) is 0 Å². The van der Waals surface area contributed by atoms with Gasteiger partial charge in [0.25, 0.3) is 0 Å². The molecule has 0 saturated carbocycles. The first-order chi connectivity index (χ1) is 13.3. The van der Waals surface area contributed by atoms with E-state index in [1.165, 1.54) is 11.8 Å². The van der Waals surface area contributed by atoms with Crippen LogP contribution in [0.5, 0.6) is 0 Å². The molecule has 1 fully saturated rings. The summed E-state index contributed by atoms with van der Waals surface area (Å²) >= 11 is 1.41. The van der Waals surface area contributed by atoms with Gasteiger partial charge in [-0.05, 0) is 24.3 Å². The highest BCUT2D eigenvalue weighted by atomic mass is 35.5. The number of thioether (sulfide) groups is 1. The molecule has 4 rings (SSSR count). The van der Waals surface area contributed by atoms with E-state index in [1.54, 1.807) is 18.7 Å². The number of hydrogen-bond donors (Lipinski definition) is 1. The molecule has 1 amide bonds. The molecule has 148 valence electrons. The molecule has 0 spiro atoms. The van der Waals surface area contributed by atoms with Gasteiger partial charge in [-0.15, -0.1) is 22.6 Å². The van der Waals surface area contributed by atoms with Crippen LogP contribution in [0.25, 0.3) is 11.4 Å². The van der Waals surface area contributed by atoms with Gasteiger partial charge in [-0.25, -0.2) is 0 Å². The van der Waals surface area contributed by atoms with Crippen molar-refractivity contribution < 1.29 is 9.21 Å². The number of carbonyl (C=O) groups is 1. The maximum atomic E-state index is 12.5. The minimum absolute atomic E-state index is 0. The summed E-state index contributed by atoms with van der Waals surface area (Å²) in [5.41, 5.74) is 0.921. The Morgan fingerprint density at radius 2 is 1.96 bits per heavy atom. The van der Waals surface area contributed by atoms with Gasteiger partial charge in [0.05, 0.1) is 18.6 Å². The SMILES string of the molecule is Cl.O=C(CSc1nnc(-c2ccncc2)n1Cc1ccco1)N1CCNCC1. The lowest BCUT2D eigenvalue weighted by Crippen LogP contribution is -2.47. The van der Waals surface area contributed by atoms with Crippen molar-refractivity contribution in [2.24, 2.45) is 0 Å². The second-order valence-corrected chi connectivity index (χ2v) is 7.07. The molecule has 3 aromatic rings. The van der Waals surface area contributed by atoms with Gasteiger partial charge in [0.1, 0.15) is 5.76 Å². The number of pyridine rings is 1. The molecule has 4 heterocycles. The highest BCUT2D eigenvalue weighted by molar-refractivity contribution is 7.99. The molecule has 8 nitrogen and oxygen atoms in total. The maximum Gasteiger partial charge on any atom is 0.233 e. The summed E-state index contributed by atoms with van der Waals surface area (Å²) in [5.74, 6) is 2.00. The van der Waals surface area contributed by atoms with E-state index in [0.717, 1.165) is 43.3 Å². The number of piperazine rings is 1. The van der Waals surface area contributed by atoms with Crippen LogP contribution in [0.15, 0.2) is 52.5 Å². The van der Waals surface area contributed by atoms with Crippen LogP contribution in [0.1, 0.15) is 5.76 Å². The van der Waals surface area contributed by atoms with Crippen LogP contribution in [0.3, 0.4) is 0 Å². The molecule has 28 heavy (non-hydrogen) atoms. The van der Waals surface area contributed by atoms with E-state index in [-0.39, 0.29) is 18.3 Å². The lowest BCUT2D eigenvalue weighted by atomic mass is 10.2. The van der Waals surface area contributed by atoms with Gasteiger partial charge in [-0.1, -0.05) is 11.8 Å². The molecule has 1 saturated heterocycles. The maximum absolute atomic E-state index is 12.5. The smallest absolute Gasteiger partial charge is 0.233 e. The predicted octanol–water partition coefficient (Wildman–Crippen LogP) is 1.93. The van der Waals surface area contributed by atoms with E-state index in [1.807, 2.05) is 33.7 Å². The van der Waals surface area contributed by atoms with Gasteiger partial charge < -0.3 is 14.6 Å². The molecule has 1 aliphatic rings. The monoisotopic (exact) mass is 420 g/mol. The van der Waals surface area contributed by atoms with Gasteiger partial charge in [0.2, 0.25) is 5.91 Å². The quantitative estimate of drug-likeness (QED) is 0.609. The zero-order chi connectivity index (χ0) is 18.5. The third-order valence-corrected chi connectivity index (χ3v) is 5.30. The number of rotatable bonds is 6.